The van der Waals surface area contributed by atoms with E-state index in [2.05, 4.69) is 15.0 Å². The van der Waals surface area contributed by atoms with Gasteiger partial charge in [0.15, 0.2) is 0 Å². The second-order valence-electron chi connectivity index (χ2n) is 3.91. The van der Waals surface area contributed by atoms with E-state index < -0.39 is 24.4 Å². The highest BCUT2D eigenvalue weighted by atomic mass is 32.1. The standard InChI is InChI=1S/C10H12F2N2O2S/c1-6-14-5-8(17-6)4-13-3-7-2-10(11,12)9(15)16-7/h5,7,13H,2-4H2,1H3. The lowest BCUT2D eigenvalue weighted by atomic mass is 10.2. The van der Waals surface area contributed by atoms with Crippen LogP contribution in [0.2, 0.25) is 0 Å². The quantitative estimate of drug-likeness (QED) is 0.835. The number of hydrogen-bond donors (Lipinski definition) is 1. The van der Waals surface area contributed by atoms with Gasteiger partial charge in [0.05, 0.1) is 11.4 Å². The third kappa shape index (κ3) is 2.98. The Morgan fingerprint density at radius 2 is 2.47 bits per heavy atom. The van der Waals surface area contributed by atoms with E-state index in [1.807, 2.05) is 6.92 Å². The Hall–Kier alpha value is -1.08. The first-order valence-corrected chi connectivity index (χ1v) is 6.00. The summed E-state index contributed by atoms with van der Waals surface area (Å²) in [5.41, 5.74) is 0. The van der Waals surface area contributed by atoms with E-state index in [0.29, 0.717) is 6.54 Å². The average Bonchev–Trinajstić information content (AvgIpc) is 2.73. The Morgan fingerprint density at radius 3 is 3.00 bits per heavy atom. The molecule has 0 bridgehead atoms. The molecule has 1 aromatic heterocycles. The molecule has 2 heterocycles. The Kier molecular flexibility index (Phi) is 3.39. The van der Waals surface area contributed by atoms with Gasteiger partial charge in [-0.1, -0.05) is 0 Å². The molecule has 0 spiro atoms. The normalized spacial score (nSPS) is 22.8. The minimum atomic E-state index is -3.33. The maximum atomic E-state index is 12.8. The molecule has 1 saturated heterocycles. The van der Waals surface area contributed by atoms with E-state index >= 15 is 0 Å². The first kappa shape index (κ1) is 12.4. The summed E-state index contributed by atoms with van der Waals surface area (Å²) in [6.07, 6.45) is 0.453. The number of aryl methyl sites for hydroxylation is 1. The summed E-state index contributed by atoms with van der Waals surface area (Å²) in [6.45, 7) is 2.68. The summed E-state index contributed by atoms with van der Waals surface area (Å²) in [4.78, 5) is 15.8. The van der Waals surface area contributed by atoms with Gasteiger partial charge in [-0.3, -0.25) is 0 Å². The van der Waals surface area contributed by atoms with Gasteiger partial charge in [-0.05, 0) is 6.92 Å². The minimum absolute atomic E-state index is 0.234. The van der Waals surface area contributed by atoms with Crippen molar-refractivity contribution < 1.29 is 18.3 Å². The molecule has 0 radical (unpaired) electrons. The van der Waals surface area contributed by atoms with Crippen LogP contribution in [0.5, 0.6) is 0 Å². The van der Waals surface area contributed by atoms with E-state index in [-0.39, 0.29) is 6.54 Å². The lowest BCUT2D eigenvalue weighted by Crippen LogP contribution is -2.26. The fourth-order valence-electron chi connectivity index (χ4n) is 1.61. The Bertz CT molecular complexity index is 422. The zero-order valence-electron chi connectivity index (χ0n) is 9.20. The Balaban J connectivity index is 1.75. The fraction of sp³-hybridized carbons (Fsp3) is 0.600. The molecular formula is C10H12F2N2O2S. The zero-order valence-corrected chi connectivity index (χ0v) is 10.0. The molecule has 1 N–H and O–H groups in total. The topological polar surface area (TPSA) is 51.2 Å². The third-order valence-corrected chi connectivity index (χ3v) is 3.31. The number of rotatable bonds is 4. The summed E-state index contributed by atoms with van der Waals surface area (Å²) in [7, 11) is 0. The number of cyclic esters (lactones) is 1. The smallest absolute Gasteiger partial charge is 0.377 e. The molecule has 0 aromatic carbocycles. The van der Waals surface area contributed by atoms with Crippen molar-refractivity contribution in [3.8, 4) is 0 Å². The molecule has 1 atom stereocenters. The molecule has 1 fully saturated rings. The van der Waals surface area contributed by atoms with Gasteiger partial charge in [-0.15, -0.1) is 11.3 Å². The number of esters is 1. The predicted octanol–water partition coefficient (Wildman–Crippen LogP) is 1.49. The summed E-state index contributed by atoms with van der Waals surface area (Å²) in [5.74, 6) is -4.74. The van der Waals surface area contributed by atoms with Crippen LogP contribution < -0.4 is 5.32 Å². The van der Waals surface area contributed by atoms with Crippen LogP contribution in [0.4, 0.5) is 8.78 Å². The van der Waals surface area contributed by atoms with Crippen LogP contribution in [0.1, 0.15) is 16.3 Å². The van der Waals surface area contributed by atoms with Crippen molar-refractivity contribution in [3.05, 3.63) is 16.1 Å². The lowest BCUT2D eigenvalue weighted by molar-refractivity contribution is -0.159. The van der Waals surface area contributed by atoms with Crippen LogP contribution in [0.25, 0.3) is 0 Å². The molecule has 17 heavy (non-hydrogen) atoms. The number of ether oxygens (including phenoxy) is 1. The molecule has 1 aliphatic heterocycles. The lowest BCUT2D eigenvalue weighted by Gasteiger charge is -2.08. The van der Waals surface area contributed by atoms with Crippen molar-refractivity contribution >= 4 is 17.3 Å². The minimum Gasteiger partial charge on any atom is -0.456 e. The number of hydrogen-bond acceptors (Lipinski definition) is 5. The van der Waals surface area contributed by atoms with Gasteiger partial charge in [-0.25, -0.2) is 9.78 Å². The molecule has 7 heteroatoms. The van der Waals surface area contributed by atoms with Crippen LogP contribution in [0, 0.1) is 6.92 Å². The number of alkyl halides is 2. The highest BCUT2D eigenvalue weighted by Crippen LogP contribution is 2.30. The number of nitrogens with one attached hydrogen (secondary N) is 1. The van der Waals surface area contributed by atoms with Crippen molar-refractivity contribution in [1.29, 1.82) is 0 Å². The van der Waals surface area contributed by atoms with Gasteiger partial charge in [-0.2, -0.15) is 8.78 Å². The van der Waals surface area contributed by atoms with Gasteiger partial charge in [0.25, 0.3) is 0 Å². The Morgan fingerprint density at radius 1 is 1.71 bits per heavy atom. The van der Waals surface area contributed by atoms with Crippen molar-refractivity contribution in [3.63, 3.8) is 0 Å². The van der Waals surface area contributed by atoms with Crippen molar-refractivity contribution in [2.45, 2.75) is 31.9 Å². The highest BCUT2D eigenvalue weighted by molar-refractivity contribution is 7.11. The number of thiazole rings is 1. The van der Waals surface area contributed by atoms with Gasteiger partial charge >= 0.3 is 11.9 Å². The molecule has 1 aliphatic rings. The fourth-order valence-corrected chi connectivity index (χ4v) is 2.37. The number of carbonyl (C=O) groups is 1. The van der Waals surface area contributed by atoms with E-state index in [0.717, 1.165) is 9.88 Å². The third-order valence-electron chi connectivity index (χ3n) is 2.40. The van der Waals surface area contributed by atoms with Gasteiger partial charge in [0.2, 0.25) is 0 Å². The highest BCUT2D eigenvalue weighted by Gasteiger charge is 2.50. The largest absolute Gasteiger partial charge is 0.456 e. The number of nitrogens with zero attached hydrogens (tertiary/aromatic N) is 1. The molecule has 1 unspecified atom stereocenters. The van der Waals surface area contributed by atoms with Crippen LogP contribution in [0.15, 0.2) is 6.20 Å². The molecule has 0 saturated carbocycles. The predicted molar refractivity (Wildman–Crippen MR) is 58.0 cm³/mol. The van der Waals surface area contributed by atoms with Crippen molar-refractivity contribution in [1.82, 2.24) is 10.3 Å². The number of halogens is 2. The van der Waals surface area contributed by atoms with Crippen LogP contribution in [-0.2, 0) is 16.1 Å². The molecule has 1 aromatic rings. The van der Waals surface area contributed by atoms with Gasteiger partial charge < -0.3 is 10.1 Å². The first-order chi connectivity index (χ1) is 7.97. The average molecular weight is 262 g/mol. The van der Waals surface area contributed by atoms with E-state index in [4.69, 9.17) is 0 Å². The monoisotopic (exact) mass is 262 g/mol. The van der Waals surface area contributed by atoms with E-state index in [1.54, 1.807) is 17.5 Å². The second-order valence-corrected chi connectivity index (χ2v) is 5.23. The maximum Gasteiger partial charge on any atom is 0.377 e. The summed E-state index contributed by atoms with van der Waals surface area (Å²) < 4.78 is 30.2. The van der Waals surface area contributed by atoms with E-state index in [1.165, 1.54) is 0 Å². The second kappa shape index (κ2) is 4.66. The van der Waals surface area contributed by atoms with Gasteiger partial charge in [0.1, 0.15) is 6.10 Å². The van der Waals surface area contributed by atoms with Crippen LogP contribution >= 0.6 is 11.3 Å². The number of aromatic nitrogens is 1. The molecule has 2 rings (SSSR count). The summed E-state index contributed by atoms with van der Waals surface area (Å²) in [5, 5.41) is 3.93. The molecular weight excluding hydrogens is 250 g/mol. The van der Waals surface area contributed by atoms with Crippen LogP contribution in [0.3, 0.4) is 0 Å². The van der Waals surface area contributed by atoms with Crippen molar-refractivity contribution in [2.24, 2.45) is 0 Å². The van der Waals surface area contributed by atoms with Gasteiger partial charge in [0, 0.05) is 24.2 Å². The molecule has 0 aliphatic carbocycles. The van der Waals surface area contributed by atoms with Crippen LogP contribution in [-0.4, -0.2) is 29.5 Å². The SMILES string of the molecule is Cc1ncc(CNCC2CC(F)(F)C(=O)O2)s1. The first-order valence-electron chi connectivity index (χ1n) is 5.18. The maximum absolute atomic E-state index is 12.8. The summed E-state index contributed by atoms with van der Waals surface area (Å²) >= 11 is 1.54. The molecule has 94 valence electrons. The van der Waals surface area contributed by atoms with E-state index in [9.17, 15) is 13.6 Å². The Labute approximate surface area is 101 Å². The zero-order chi connectivity index (χ0) is 12.5. The molecule has 4 nitrogen and oxygen atoms in total. The van der Waals surface area contributed by atoms with Crippen molar-refractivity contribution in [2.75, 3.05) is 6.54 Å². The number of carbonyl (C=O) groups excluding carboxylic acids is 1. The molecule has 0 amide bonds. The summed E-state index contributed by atoms with van der Waals surface area (Å²) in [6, 6.07) is 0.